The van der Waals surface area contributed by atoms with Gasteiger partial charge in [-0.25, -0.2) is 0 Å². The van der Waals surface area contributed by atoms with Crippen molar-refractivity contribution in [2.45, 2.75) is 51.6 Å². The summed E-state index contributed by atoms with van der Waals surface area (Å²) in [5.74, 6) is -1.09. The van der Waals surface area contributed by atoms with Crippen molar-refractivity contribution in [3.63, 3.8) is 0 Å². The summed E-state index contributed by atoms with van der Waals surface area (Å²) in [5, 5.41) is 20.7. The third-order valence-electron chi connectivity index (χ3n) is 5.70. The molecule has 0 aromatic carbocycles. The number of rotatable bonds is 4. The van der Waals surface area contributed by atoms with E-state index in [0.29, 0.717) is 31.4 Å². The molecule has 0 aliphatic carbocycles. The lowest BCUT2D eigenvalue weighted by Crippen LogP contribution is -2.58. The Morgan fingerprint density at radius 2 is 2.03 bits per heavy atom. The Hall–Kier alpha value is -2.11. The minimum absolute atomic E-state index is 0.0302. The Morgan fingerprint density at radius 1 is 1.32 bits per heavy atom. The molecule has 0 bridgehead atoms. The van der Waals surface area contributed by atoms with Gasteiger partial charge >= 0.3 is 0 Å². The number of aromatic nitrogens is 2. The van der Waals surface area contributed by atoms with Crippen molar-refractivity contribution in [1.82, 2.24) is 20.4 Å². The van der Waals surface area contributed by atoms with E-state index in [9.17, 15) is 9.59 Å². The zero-order valence-corrected chi connectivity index (χ0v) is 18.9. The molecule has 10 nitrogen and oxygen atoms in total. The number of morpholine rings is 1. The molecule has 3 aliphatic heterocycles. The zero-order chi connectivity index (χ0) is 22.4. The van der Waals surface area contributed by atoms with Crippen LogP contribution < -0.4 is 10.2 Å². The summed E-state index contributed by atoms with van der Waals surface area (Å²) in [6.07, 6.45) is 3.98. The van der Waals surface area contributed by atoms with Crippen molar-refractivity contribution < 1.29 is 24.2 Å². The van der Waals surface area contributed by atoms with E-state index >= 15 is 0 Å². The third-order valence-corrected chi connectivity index (χ3v) is 6.71. The fraction of sp³-hybridized carbons (Fsp3) is 0.750. The number of hydrogen-bond donors (Lipinski definition) is 2. The van der Waals surface area contributed by atoms with Crippen LogP contribution in [0.15, 0.2) is 0 Å². The van der Waals surface area contributed by atoms with Gasteiger partial charge in [-0.05, 0) is 32.4 Å². The monoisotopic (exact) mass is 453 g/mol. The van der Waals surface area contributed by atoms with Crippen LogP contribution in [0.4, 0.5) is 5.13 Å². The van der Waals surface area contributed by atoms with E-state index in [2.05, 4.69) is 22.4 Å². The molecule has 1 atom stereocenters. The van der Waals surface area contributed by atoms with Gasteiger partial charge in [0.2, 0.25) is 16.9 Å². The van der Waals surface area contributed by atoms with Gasteiger partial charge in [0.25, 0.3) is 5.97 Å². The summed E-state index contributed by atoms with van der Waals surface area (Å²) >= 11 is 1.46. The molecule has 3 aliphatic rings. The number of carboxylic acids is 1. The van der Waals surface area contributed by atoms with Gasteiger partial charge in [-0.2, -0.15) is 0 Å². The highest BCUT2D eigenvalue weighted by Crippen LogP contribution is 2.32. The number of carbonyl (C=O) groups is 3. The molecule has 3 saturated heterocycles. The molecule has 11 heteroatoms. The smallest absolute Gasteiger partial charge is 0.300 e. The molecule has 4 rings (SSSR count). The summed E-state index contributed by atoms with van der Waals surface area (Å²) in [5.41, 5.74) is -0.213. The van der Waals surface area contributed by atoms with E-state index in [0.717, 1.165) is 50.7 Å². The molecule has 172 valence electrons. The van der Waals surface area contributed by atoms with Gasteiger partial charge in [0.05, 0.1) is 18.1 Å². The Bertz CT molecular complexity index is 785. The second-order valence-electron chi connectivity index (χ2n) is 8.19. The van der Waals surface area contributed by atoms with Crippen LogP contribution in [0.25, 0.3) is 0 Å². The highest BCUT2D eigenvalue weighted by molar-refractivity contribution is 7.15. The molecule has 2 amide bonds. The molecule has 4 heterocycles. The van der Waals surface area contributed by atoms with Gasteiger partial charge in [0.1, 0.15) is 5.01 Å². The molecule has 2 N–H and O–H groups in total. The van der Waals surface area contributed by atoms with E-state index in [1.165, 1.54) is 11.3 Å². The first-order valence-electron chi connectivity index (χ1n) is 10.8. The van der Waals surface area contributed by atoms with Crippen LogP contribution in [0.3, 0.4) is 0 Å². The normalized spacial score (nSPS) is 22.9. The van der Waals surface area contributed by atoms with Crippen LogP contribution in [0.5, 0.6) is 0 Å². The van der Waals surface area contributed by atoms with E-state index in [1.54, 1.807) is 4.90 Å². The van der Waals surface area contributed by atoms with E-state index < -0.39 is 5.97 Å². The fourth-order valence-corrected chi connectivity index (χ4v) is 5.17. The van der Waals surface area contributed by atoms with Gasteiger partial charge in [-0.15, -0.1) is 10.2 Å². The number of piperidine rings is 1. The maximum Gasteiger partial charge on any atom is 0.300 e. The standard InChI is InChI=1S/C18H27N5O3S.C2H4O2/c1-2-3-14-20-21-17(27-14)23-11-13(10-15(23)24)16(25)22-8-9-26-18(12-22)4-6-19-7-5-18;1-2(3)4/h13,19H,2-12H2,1H3;1H3,(H,3,4). The molecule has 31 heavy (non-hydrogen) atoms. The number of amides is 2. The molecule has 1 aromatic heterocycles. The van der Waals surface area contributed by atoms with Gasteiger partial charge in [0.15, 0.2) is 0 Å². The fourth-order valence-electron chi connectivity index (χ4n) is 4.20. The summed E-state index contributed by atoms with van der Waals surface area (Å²) in [6, 6.07) is 0. The van der Waals surface area contributed by atoms with Crippen molar-refractivity contribution in [3.8, 4) is 0 Å². The van der Waals surface area contributed by atoms with E-state index in [-0.39, 0.29) is 29.8 Å². The largest absolute Gasteiger partial charge is 0.481 e. The summed E-state index contributed by atoms with van der Waals surface area (Å²) < 4.78 is 6.06. The number of hydrogen-bond acceptors (Lipinski definition) is 8. The highest BCUT2D eigenvalue weighted by atomic mass is 32.1. The quantitative estimate of drug-likeness (QED) is 0.689. The predicted octanol–water partition coefficient (Wildman–Crippen LogP) is 0.915. The maximum atomic E-state index is 13.1. The van der Waals surface area contributed by atoms with E-state index in [1.807, 2.05) is 4.90 Å². The van der Waals surface area contributed by atoms with Crippen molar-refractivity contribution >= 4 is 34.3 Å². The number of ether oxygens (including phenoxy) is 1. The van der Waals surface area contributed by atoms with Crippen molar-refractivity contribution in [3.05, 3.63) is 5.01 Å². The van der Waals surface area contributed by atoms with Crippen LogP contribution in [-0.4, -0.2) is 82.9 Å². The van der Waals surface area contributed by atoms with Crippen LogP contribution in [0.1, 0.15) is 44.5 Å². The number of anilines is 1. The van der Waals surface area contributed by atoms with Crippen molar-refractivity contribution in [2.24, 2.45) is 5.92 Å². The van der Waals surface area contributed by atoms with Crippen LogP contribution >= 0.6 is 11.3 Å². The third kappa shape index (κ3) is 5.98. The predicted molar refractivity (Wildman–Crippen MR) is 115 cm³/mol. The minimum Gasteiger partial charge on any atom is -0.481 e. The Kier molecular flexibility index (Phi) is 7.95. The number of carbonyl (C=O) groups excluding carboxylic acids is 2. The topological polar surface area (TPSA) is 125 Å². The van der Waals surface area contributed by atoms with Gasteiger partial charge in [-0.3, -0.25) is 19.3 Å². The summed E-state index contributed by atoms with van der Waals surface area (Å²) in [4.78, 5) is 38.2. The average molecular weight is 454 g/mol. The van der Waals surface area contributed by atoms with Crippen LogP contribution in [-0.2, 0) is 25.5 Å². The first-order chi connectivity index (χ1) is 14.8. The summed E-state index contributed by atoms with van der Waals surface area (Å²) in [7, 11) is 0. The highest BCUT2D eigenvalue weighted by Gasteiger charge is 2.43. The second kappa shape index (κ2) is 10.5. The Morgan fingerprint density at radius 3 is 2.71 bits per heavy atom. The second-order valence-corrected chi connectivity index (χ2v) is 9.23. The maximum absolute atomic E-state index is 13.1. The number of aliphatic carboxylic acids is 1. The molecule has 1 unspecified atom stereocenters. The summed E-state index contributed by atoms with van der Waals surface area (Å²) in [6.45, 7) is 7.25. The molecule has 3 fully saturated rings. The lowest BCUT2D eigenvalue weighted by atomic mass is 9.90. The Balaban J connectivity index is 0.000000628. The SMILES string of the molecule is CC(=O)O.CCCc1nnc(N2CC(C(=O)N3CCOC4(CCNCC4)C3)CC2=O)s1. The molecule has 1 aromatic rings. The van der Waals surface area contributed by atoms with Gasteiger partial charge in [-0.1, -0.05) is 18.3 Å². The lowest BCUT2D eigenvalue weighted by Gasteiger charge is -2.45. The van der Waals surface area contributed by atoms with Crippen LogP contribution in [0.2, 0.25) is 0 Å². The van der Waals surface area contributed by atoms with Crippen molar-refractivity contribution in [1.29, 1.82) is 0 Å². The number of aryl methyl sites for hydroxylation is 1. The number of nitrogens with zero attached hydrogens (tertiary/aromatic N) is 4. The Labute approximate surface area is 185 Å². The lowest BCUT2D eigenvalue weighted by molar-refractivity contribution is -0.158. The molecule has 1 spiro atoms. The first-order valence-corrected chi connectivity index (χ1v) is 11.6. The first kappa shape index (κ1) is 23.6. The molecule has 0 saturated carbocycles. The molecular formula is C20H31N5O5S. The van der Waals surface area contributed by atoms with Gasteiger partial charge < -0.3 is 20.1 Å². The van der Waals surface area contributed by atoms with Gasteiger partial charge in [0, 0.05) is 39.4 Å². The molecule has 0 radical (unpaired) electrons. The van der Waals surface area contributed by atoms with Crippen LogP contribution in [0, 0.1) is 5.92 Å². The van der Waals surface area contributed by atoms with E-state index in [4.69, 9.17) is 14.6 Å². The van der Waals surface area contributed by atoms with Crippen molar-refractivity contribution in [2.75, 3.05) is 44.2 Å². The minimum atomic E-state index is -0.833. The number of nitrogens with one attached hydrogen (secondary N) is 1. The average Bonchev–Trinajstić information content (AvgIpc) is 3.34. The zero-order valence-electron chi connectivity index (χ0n) is 18.1. The molecular weight excluding hydrogens is 422 g/mol. The number of carboxylic acid groups (broad SMARTS) is 1.